The molecule has 1 fully saturated rings. The van der Waals surface area contributed by atoms with E-state index >= 15 is 0 Å². The van der Waals surface area contributed by atoms with Crippen molar-refractivity contribution in [2.24, 2.45) is 0 Å². The molecule has 1 aliphatic heterocycles. The Hall–Kier alpha value is 0.0969. The van der Waals surface area contributed by atoms with E-state index in [0.29, 0.717) is 12.9 Å². The fourth-order valence-corrected chi connectivity index (χ4v) is 2.11. The monoisotopic (exact) mass is 217 g/mol. The third-order valence-corrected chi connectivity index (χ3v) is 4.10. The summed E-state index contributed by atoms with van der Waals surface area (Å²) in [6, 6.07) is 1.22. The van der Waals surface area contributed by atoms with Crippen molar-refractivity contribution in [2.75, 3.05) is 26.5 Å². The Kier molecular flexibility index (Phi) is 5.09. The molecule has 1 heterocycles. The van der Waals surface area contributed by atoms with E-state index in [1.54, 1.807) is 0 Å². The van der Waals surface area contributed by atoms with Crippen LogP contribution in [0.15, 0.2) is 0 Å². The van der Waals surface area contributed by atoms with Gasteiger partial charge in [-0.3, -0.25) is 0 Å². The van der Waals surface area contributed by atoms with Crippen LogP contribution in [0.25, 0.3) is 0 Å². The molecular weight excluding hydrogens is 194 g/mol. The van der Waals surface area contributed by atoms with Gasteiger partial charge in [-0.05, 0) is 19.0 Å². The van der Waals surface area contributed by atoms with Gasteiger partial charge >= 0.3 is 0 Å². The van der Waals surface area contributed by atoms with E-state index in [2.05, 4.69) is 25.0 Å². The minimum atomic E-state index is -0.932. The van der Waals surface area contributed by atoms with Gasteiger partial charge in [-0.25, -0.2) is 0 Å². The zero-order valence-electron chi connectivity index (χ0n) is 9.64. The van der Waals surface area contributed by atoms with Gasteiger partial charge in [0.05, 0.1) is 6.10 Å². The molecule has 1 atom stereocenters. The third kappa shape index (κ3) is 5.75. The van der Waals surface area contributed by atoms with Crippen molar-refractivity contribution in [1.82, 2.24) is 5.32 Å². The molecule has 3 nitrogen and oxygen atoms in total. The van der Waals surface area contributed by atoms with Crippen molar-refractivity contribution in [3.63, 3.8) is 0 Å². The van der Waals surface area contributed by atoms with Crippen LogP contribution in [0.4, 0.5) is 0 Å². The average molecular weight is 217 g/mol. The molecule has 0 aromatic rings. The fraction of sp³-hybridized carbons (Fsp3) is 1.00. The zero-order valence-corrected chi connectivity index (χ0v) is 10.6. The minimum absolute atomic E-state index is 0.377. The summed E-state index contributed by atoms with van der Waals surface area (Å²) in [5.41, 5.74) is 0. The van der Waals surface area contributed by atoms with E-state index in [-0.39, 0.29) is 0 Å². The zero-order chi connectivity index (χ0) is 10.4. The summed E-state index contributed by atoms with van der Waals surface area (Å²) in [6.45, 7) is 10.5. The Balaban J connectivity index is 1.89. The number of ether oxygens (including phenoxy) is 2. The first-order valence-electron chi connectivity index (χ1n) is 5.48. The van der Waals surface area contributed by atoms with Crippen LogP contribution in [-0.2, 0) is 9.47 Å². The van der Waals surface area contributed by atoms with Gasteiger partial charge < -0.3 is 14.8 Å². The van der Waals surface area contributed by atoms with E-state index in [4.69, 9.17) is 9.47 Å². The van der Waals surface area contributed by atoms with Crippen LogP contribution in [0.3, 0.4) is 0 Å². The molecule has 0 bridgehead atoms. The molecule has 1 N–H and O–H groups in total. The number of nitrogens with one attached hydrogen (secondary N) is 1. The Morgan fingerprint density at radius 2 is 2.14 bits per heavy atom. The minimum Gasteiger partial charge on any atom is -0.356 e. The van der Waals surface area contributed by atoms with Crippen molar-refractivity contribution in [1.29, 1.82) is 0 Å². The molecular formula is C10H23NO2Si. The summed E-state index contributed by atoms with van der Waals surface area (Å²) in [6.07, 6.45) is 1.50. The van der Waals surface area contributed by atoms with Gasteiger partial charge in [0.2, 0.25) is 0 Å². The first-order chi connectivity index (χ1) is 6.58. The van der Waals surface area contributed by atoms with Crippen LogP contribution in [0.5, 0.6) is 0 Å². The molecule has 84 valence electrons. The van der Waals surface area contributed by atoms with E-state index in [1.165, 1.54) is 6.04 Å². The molecule has 0 amide bonds. The lowest BCUT2D eigenvalue weighted by molar-refractivity contribution is -0.0796. The standard InChI is InChI=1S/C10H23NO2Si/c1-14(2,3)7-6-12-9-13-10-4-5-11-8-10/h10-11H,4-9H2,1-3H3/t10-/m0/s1. The van der Waals surface area contributed by atoms with Crippen LogP contribution in [0.1, 0.15) is 6.42 Å². The molecule has 0 aromatic carbocycles. The quantitative estimate of drug-likeness (QED) is 0.417. The predicted molar refractivity (Wildman–Crippen MR) is 61.3 cm³/mol. The third-order valence-electron chi connectivity index (χ3n) is 2.40. The van der Waals surface area contributed by atoms with Crippen LogP contribution >= 0.6 is 0 Å². The van der Waals surface area contributed by atoms with Crippen LogP contribution in [-0.4, -0.2) is 40.7 Å². The van der Waals surface area contributed by atoms with Gasteiger partial charge in [0.1, 0.15) is 6.79 Å². The van der Waals surface area contributed by atoms with Crippen LogP contribution in [0, 0.1) is 0 Å². The first kappa shape index (κ1) is 12.2. The normalized spacial score (nSPS) is 22.9. The Morgan fingerprint density at radius 1 is 1.36 bits per heavy atom. The number of hydrogen-bond acceptors (Lipinski definition) is 3. The highest BCUT2D eigenvalue weighted by molar-refractivity contribution is 6.76. The van der Waals surface area contributed by atoms with Gasteiger partial charge in [-0.1, -0.05) is 19.6 Å². The molecule has 0 saturated carbocycles. The van der Waals surface area contributed by atoms with Gasteiger partial charge in [0.25, 0.3) is 0 Å². The summed E-state index contributed by atoms with van der Waals surface area (Å²) >= 11 is 0. The fourth-order valence-electron chi connectivity index (χ4n) is 1.35. The largest absolute Gasteiger partial charge is 0.356 e. The Labute approximate surface area is 88.2 Å². The SMILES string of the molecule is C[Si](C)(C)CCOCO[C@H]1CCNC1. The smallest absolute Gasteiger partial charge is 0.147 e. The Morgan fingerprint density at radius 3 is 2.71 bits per heavy atom. The molecule has 0 aromatic heterocycles. The topological polar surface area (TPSA) is 30.5 Å². The molecule has 0 unspecified atom stereocenters. The summed E-state index contributed by atoms with van der Waals surface area (Å²) in [4.78, 5) is 0. The molecule has 1 aliphatic rings. The maximum absolute atomic E-state index is 5.55. The predicted octanol–water partition coefficient (Wildman–Crippen LogP) is 1.68. The lowest BCUT2D eigenvalue weighted by atomic mass is 10.3. The van der Waals surface area contributed by atoms with Crippen molar-refractivity contribution in [2.45, 2.75) is 38.2 Å². The van der Waals surface area contributed by atoms with Crippen molar-refractivity contribution < 1.29 is 9.47 Å². The number of rotatable bonds is 6. The van der Waals surface area contributed by atoms with Crippen LogP contribution in [0.2, 0.25) is 25.7 Å². The lowest BCUT2D eigenvalue weighted by Crippen LogP contribution is -2.23. The Bertz CT molecular complexity index is 153. The first-order valence-corrected chi connectivity index (χ1v) is 9.19. The molecule has 14 heavy (non-hydrogen) atoms. The van der Waals surface area contributed by atoms with Crippen molar-refractivity contribution >= 4 is 8.07 Å². The molecule has 1 rings (SSSR count). The second-order valence-electron chi connectivity index (χ2n) is 5.12. The maximum Gasteiger partial charge on any atom is 0.147 e. The van der Waals surface area contributed by atoms with Gasteiger partial charge in [-0.2, -0.15) is 0 Å². The summed E-state index contributed by atoms with van der Waals surface area (Å²) in [5.74, 6) is 0. The van der Waals surface area contributed by atoms with E-state index in [9.17, 15) is 0 Å². The maximum atomic E-state index is 5.55. The highest BCUT2D eigenvalue weighted by atomic mass is 28.3. The second-order valence-corrected chi connectivity index (χ2v) is 10.7. The highest BCUT2D eigenvalue weighted by Crippen LogP contribution is 2.08. The van der Waals surface area contributed by atoms with Crippen molar-refractivity contribution in [3.8, 4) is 0 Å². The van der Waals surface area contributed by atoms with E-state index in [1.807, 2.05) is 0 Å². The summed E-state index contributed by atoms with van der Waals surface area (Å²) < 4.78 is 11.0. The summed E-state index contributed by atoms with van der Waals surface area (Å²) in [5, 5.41) is 3.26. The summed E-state index contributed by atoms with van der Waals surface area (Å²) in [7, 11) is -0.932. The molecule has 0 spiro atoms. The van der Waals surface area contributed by atoms with Crippen molar-refractivity contribution in [3.05, 3.63) is 0 Å². The van der Waals surface area contributed by atoms with Crippen LogP contribution < -0.4 is 5.32 Å². The highest BCUT2D eigenvalue weighted by Gasteiger charge is 2.15. The van der Waals surface area contributed by atoms with E-state index < -0.39 is 8.07 Å². The van der Waals surface area contributed by atoms with Gasteiger partial charge in [0.15, 0.2) is 0 Å². The lowest BCUT2D eigenvalue weighted by Gasteiger charge is -2.16. The second kappa shape index (κ2) is 5.85. The molecule has 0 aliphatic carbocycles. The molecule has 1 saturated heterocycles. The van der Waals surface area contributed by atoms with E-state index in [0.717, 1.165) is 26.1 Å². The van der Waals surface area contributed by atoms with Gasteiger partial charge in [0, 0.05) is 21.2 Å². The molecule has 0 radical (unpaired) electrons. The average Bonchev–Trinajstić information content (AvgIpc) is 2.54. The number of hydrogen-bond donors (Lipinski definition) is 1. The van der Waals surface area contributed by atoms with Gasteiger partial charge in [-0.15, -0.1) is 0 Å². The molecule has 4 heteroatoms.